The maximum atomic E-state index is 12.9. The number of rotatable bonds is 5. The highest BCUT2D eigenvalue weighted by molar-refractivity contribution is 7.92. The van der Waals surface area contributed by atoms with Gasteiger partial charge < -0.3 is 5.32 Å². The first kappa shape index (κ1) is 22.8. The van der Waals surface area contributed by atoms with Crippen LogP contribution in [0.2, 0.25) is 0 Å². The molecule has 10 heteroatoms. The molecule has 2 aromatic carbocycles. The Morgan fingerprint density at radius 3 is 2.27 bits per heavy atom. The molecular weight excluding hydrogens is 444 g/mol. The van der Waals surface area contributed by atoms with Gasteiger partial charge in [0.25, 0.3) is 21.8 Å². The van der Waals surface area contributed by atoms with Crippen LogP contribution in [0, 0.1) is 5.92 Å². The number of nitrogens with one attached hydrogen (secondary N) is 2. The molecule has 1 saturated carbocycles. The lowest BCUT2D eigenvalue weighted by Gasteiger charge is -2.33. The average Bonchev–Trinajstić information content (AvgIpc) is 3.05. The Balaban J connectivity index is 1.47. The van der Waals surface area contributed by atoms with E-state index in [1.807, 2.05) is 0 Å². The minimum atomic E-state index is -3.82. The van der Waals surface area contributed by atoms with E-state index in [0.29, 0.717) is 24.4 Å². The molecule has 2 N–H and O–H groups in total. The molecule has 2 aromatic rings. The number of hydrogen-bond donors (Lipinski definition) is 2. The van der Waals surface area contributed by atoms with Gasteiger partial charge in [0, 0.05) is 12.6 Å². The van der Waals surface area contributed by atoms with E-state index in [2.05, 4.69) is 17.7 Å². The van der Waals surface area contributed by atoms with Gasteiger partial charge in [-0.05, 0) is 68.0 Å². The minimum Gasteiger partial charge on any atom is -0.322 e. The maximum absolute atomic E-state index is 12.9. The molecule has 0 atom stereocenters. The monoisotopic (exact) mass is 470 g/mol. The summed E-state index contributed by atoms with van der Waals surface area (Å²) in [7, 11) is -2.38. The molecule has 0 bridgehead atoms. The van der Waals surface area contributed by atoms with E-state index in [-0.39, 0.29) is 10.5 Å². The fourth-order valence-corrected chi connectivity index (χ4v) is 5.39. The molecule has 0 aromatic heterocycles. The van der Waals surface area contributed by atoms with Gasteiger partial charge in [-0.25, -0.2) is 13.2 Å². The Morgan fingerprint density at radius 1 is 1.06 bits per heavy atom. The smallest absolute Gasteiger partial charge is 0.322 e. The first-order valence-corrected chi connectivity index (χ1v) is 12.2. The number of urea groups is 1. The molecule has 1 saturated heterocycles. The number of sulfonamides is 1. The minimum absolute atomic E-state index is 0.00988. The zero-order valence-electron chi connectivity index (χ0n) is 18.4. The van der Waals surface area contributed by atoms with Crippen LogP contribution in [-0.2, 0) is 14.8 Å². The van der Waals surface area contributed by atoms with Crippen LogP contribution in [0.4, 0.5) is 10.5 Å². The van der Waals surface area contributed by atoms with Gasteiger partial charge in [-0.2, -0.15) is 5.01 Å². The Kier molecular flexibility index (Phi) is 5.87. The second kappa shape index (κ2) is 8.51. The van der Waals surface area contributed by atoms with Crippen molar-refractivity contribution in [2.24, 2.45) is 5.92 Å². The van der Waals surface area contributed by atoms with Gasteiger partial charge in [-0.1, -0.05) is 25.1 Å². The number of anilines is 1. The van der Waals surface area contributed by atoms with Gasteiger partial charge in [0.1, 0.15) is 5.54 Å². The Hall–Kier alpha value is -3.40. The molecule has 2 aliphatic rings. The van der Waals surface area contributed by atoms with E-state index >= 15 is 0 Å². The highest BCUT2D eigenvalue weighted by atomic mass is 32.2. The summed E-state index contributed by atoms with van der Waals surface area (Å²) in [5.74, 6) is -0.656. The van der Waals surface area contributed by atoms with E-state index in [4.69, 9.17) is 0 Å². The number of hydrazine groups is 1. The molecule has 2 fully saturated rings. The lowest BCUT2D eigenvalue weighted by Crippen LogP contribution is -2.51. The molecule has 0 unspecified atom stereocenters. The number of nitrogens with zero attached hydrogens (tertiary/aromatic N) is 2. The summed E-state index contributed by atoms with van der Waals surface area (Å²) >= 11 is 0. The first-order chi connectivity index (χ1) is 15.6. The van der Waals surface area contributed by atoms with Crippen molar-refractivity contribution < 1.29 is 22.8 Å². The number of amides is 4. The van der Waals surface area contributed by atoms with E-state index < -0.39 is 33.4 Å². The number of benzene rings is 2. The molecule has 4 rings (SSSR count). The number of hydrogen-bond acceptors (Lipinski definition) is 5. The molecule has 1 aliphatic heterocycles. The average molecular weight is 471 g/mol. The van der Waals surface area contributed by atoms with E-state index in [1.54, 1.807) is 30.3 Å². The second-order valence-corrected chi connectivity index (χ2v) is 10.6. The largest absolute Gasteiger partial charge is 0.344 e. The summed E-state index contributed by atoms with van der Waals surface area (Å²) in [6, 6.07) is 13.3. The molecule has 33 heavy (non-hydrogen) atoms. The fraction of sp³-hybridized carbons (Fsp3) is 0.348. The van der Waals surface area contributed by atoms with Crippen LogP contribution < -0.4 is 15.0 Å². The first-order valence-electron chi connectivity index (χ1n) is 10.8. The summed E-state index contributed by atoms with van der Waals surface area (Å²) in [5, 5.41) is 3.47. The molecule has 0 radical (unpaired) electrons. The highest BCUT2D eigenvalue weighted by Crippen LogP contribution is 2.35. The van der Waals surface area contributed by atoms with Crippen molar-refractivity contribution in [3.05, 3.63) is 60.2 Å². The second-order valence-electron chi connectivity index (χ2n) is 8.61. The third-order valence-electron chi connectivity index (χ3n) is 6.40. The van der Waals surface area contributed by atoms with Crippen molar-refractivity contribution >= 4 is 33.6 Å². The van der Waals surface area contributed by atoms with E-state index in [9.17, 15) is 22.8 Å². The van der Waals surface area contributed by atoms with Crippen molar-refractivity contribution in [2.45, 2.75) is 43.0 Å². The Labute approximate surface area is 192 Å². The zero-order valence-corrected chi connectivity index (χ0v) is 19.3. The van der Waals surface area contributed by atoms with Crippen molar-refractivity contribution in [2.75, 3.05) is 11.4 Å². The number of imide groups is 1. The standard InChI is InChI=1S/C23H26N4O5S/c1-16-12-14-23(15-13-16)21(29)27(22(30)24-23)25-20(28)17-8-10-19(11-9-17)33(31,32)26(2)18-6-4-3-5-7-18/h3-11,16H,12-15H2,1-2H3,(H,24,30)(H,25,28). The summed E-state index contributed by atoms with van der Waals surface area (Å²) in [6.07, 6.45) is 2.71. The quantitative estimate of drug-likeness (QED) is 0.652. The van der Waals surface area contributed by atoms with Crippen LogP contribution >= 0.6 is 0 Å². The van der Waals surface area contributed by atoms with Gasteiger partial charge in [0.05, 0.1) is 10.6 Å². The van der Waals surface area contributed by atoms with E-state index in [1.165, 1.54) is 31.3 Å². The SMILES string of the molecule is CC1CCC2(CC1)NC(=O)N(NC(=O)c1ccc(S(=O)(=O)N(C)c3ccccc3)cc1)C2=O. The normalized spacial score (nSPS) is 22.8. The van der Waals surface area contributed by atoms with Gasteiger partial charge in [-0.15, -0.1) is 0 Å². The predicted octanol–water partition coefficient (Wildman–Crippen LogP) is 2.66. The topological polar surface area (TPSA) is 116 Å². The van der Waals surface area contributed by atoms with Crippen LogP contribution in [0.1, 0.15) is 43.0 Å². The van der Waals surface area contributed by atoms with Crippen molar-refractivity contribution in [3.8, 4) is 0 Å². The number of carbonyl (C=O) groups excluding carboxylic acids is 3. The lowest BCUT2D eigenvalue weighted by atomic mass is 9.77. The molecule has 1 aliphatic carbocycles. The fourth-order valence-electron chi connectivity index (χ4n) is 4.19. The highest BCUT2D eigenvalue weighted by Gasteiger charge is 2.52. The Bertz CT molecular complexity index is 1170. The summed E-state index contributed by atoms with van der Waals surface area (Å²) in [5.41, 5.74) is 2.02. The third kappa shape index (κ3) is 4.18. The maximum Gasteiger partial charge on any atom is 0.344 e. The van der Waals surface area contributed by atoms with Crippen LogP contribution in [0.15, 0.2) is 59.5 Å². The summed E-state index contributed by atoms with van der Waals surface area (Å²) in [4.78, 5) is 38.0. The zero-order chi connectivity index (χ0) is 23.8. The summed E-state index contributed by atoms with van der Waals surface area (Å²) in [6.45, 7) is 2.11. The van der Waals surface area contributed by atoms with Crippen molar-refractivity contribution in [1.82, 2.24) is 15.8 Å². The third-order valence-corrected chi connectivity index (χ3v) is 8.20. The molecular formula is C23H26N4O5S. The van der Waals surface area contributed by atoms with Crippen molar-refractivity contribution in [1.29, 1.82) is 0 Å². The molecule has 1 spiro atoms. The van der Waals surface area contributed by atoms with Crippen LogP contribution in [0.25, 0.3) is 0 Å². The van der Waals surface area contributed by atoms with Gasteiger partial charge in [-0.3, -0.25) is 19.3 Å². The molecule has 4 amide bonds. The molecule has 1 heterocycles. The predicted molar refractivity (Wildman–Crippen MR) is 122 cm³/mol. The molecule has 9 nitrogen and oxygen atoms in total. The number of para-hydroxylation sites is 1. The number of carbonyl (C=O) groups is 3. The van der Waals surface area contributed by atoms with Gasteiger partial charge >= 0.3 is 6.03 Å². The lowest BCUT2D eigenvalue weighted by molar-refractivity contribution is -0.134. The van der Waals surface area contributed by atoms with Crippen LogP contribution in [0.3, 0.4) is 0 Å². The van der Waals surface area contributed by atoms with Crippen LogP contribution in [-0.4, -0.2) is 43.9 Å². The van der Waals surface area contributed by atoms with Crippen molar-refractivity contribution in [3.63, 3.8) is 0 Å². The Morgan fingerprint density at radius 2 is 1.67 bits per heavy atom. The van der Waals surface area contributed by atoms with Gasteiger partial charge in [0.2, 0.25) is 0 Å². The van der Waals surface area contributed by atoms with Crippen LogP contribution in [0.5, 0.6) is 0 Å². The van der Waals surface area contributed by atoms with Gasteiger partial charge in [0.15, 0.2) is 0 Å². The summed E-state index contributed by atoms with van der Waals surface area (Å²) < 4.78 is 26.9. The van der Waals surface area contributed by atoms with E-state index in [0.717, 1.165) is 22.2 Å². The molecule has 174 valence electrons.